The Labute approximate surface area is 91.6 Å². The summed E-state index contributed by atoms with van der Waals surface area (Å²) in [7, 11) is 0. The Kier molecular flexibility index (Phi) is 2.64. The molecular weight excluding hydrogens is 213 g/mol. The van der Waals surface area contributed by atoms with Crippen molar-refractivity contribution in [3.05, 3.63) is 40.7 Å². The number of aromatic nitrogens is 3. The first-order chi connectivity index (χ1) is 7.22. The standard InChI is InChI=1S/C10H10FN3S/c1-2-9-12-13-10(15)14(9)8-5-3-4-7(11)6-8/h3-6H,2H2,1H3,(H,13,15). The van der Waals surface area contributed by atoms with Crippen LogP contribution in [0.2, 0.25) is 0 Å². The van der Waals surface area contributed by atoms with E-state index in [-0.39, 0.29) is 5.82 Å². The van der Waals surface area contributed by atoms with Crippen LogP contribution in [-0.2, 0) is 6.42 Å². The molecule has 0 bridgehead atoms. The van der Waals surface area contributed by atoms with E-state index in [1.807, 2.05) is 6.92 Å². The first kappa shape index (κ1) is 10.0. The average Bonchev–Trinajstić information content (AvgIpc) is 2.59. The fourth-order valence-electron chi connectivity index (χ4n) is 1.45. The van der Waals surface area contributed by atoms with Gasteiger partial charge in [-0.15, -0.1) is 0 Å². The molecule has 1 aromatic heterocycles. The average molecular weight is 223 g/mol. The van der Waals surface area contributed by atoms with Crippen molar-refractivity contribution >= 4 is 12.2 Å². The van der Waals surface area contributed by atoms with Crippen LogP contribution in [0.3, 0.4) is 0 Å². The summed E-state index contributed by atoms with van der Waals surface area (Å²) in [4.78, 5) is 0. The molecule has 0 aliphatic carbocycles. The van der Waals surface area contributed by atoms with E-state index in [0.717, 1.165) is 12.2 Å². The number of rotatable bonds is 2. The van der Waals surface area contributed by atoms with Crippen molar-refractivity contribution in [2.24, 2.45) is 0 Å². The lowest BCUT2D eigenvalue weighted by molar-refractivity contribution is 0.626. The number of hydrogen-bond donors (Lipinski definition) is 1. The third-order valence-corrected chi connectivity index (χ3v) is 2.40. The first-order valence-corrected chi connectivity index (χ1v) is 5.05. The molecule has 0 saturated heterocycles. The maximum atomic E-state index is 13.0. The van der Waals surface area contributed by atoms with Crippen LogP contribution in [0, 0.1) is 10.6 Å². The molecule has 2 rings (SSSR count). The lowest BCUT2D eigenvalue weighted by atomic mass is 10.3. The lowest BCUT2D eigenvalue weighted by Crippen LogP contribution is -2.00. The zero-order chi connectivity index (χ0) is 10.8. The van der Waals surface area contributed by atoms with Crippen molar-refractivity contribution < 1.29 is 4.39 Å². The van der Waals surface area contributed by atoms with Gasteiger partial charge >= 0.3 is 0 Å². The van der Waals surface area contributed by atoms with Crippen LogP contribution in [0.1, 0.15) is 12.7 Å². The fourth-order valence-corrected chi connectivity index (χ4v) is 1.70. The van der Waals surface area contributed by atoms with Gasteiger partial charge in [-0.25, -0.2) is 4.39 Å². The molecule has 0 saturated carbocycles. The van der Waals surface area contributed by atoms with Crippen molar-refractivity contribution in [2.45, 2.75) is 13.3 Å². The van der Waals surface area contributed by atoms with Gasteiger partial charge in [-0.2, -0.15) is 5.10 Å². The van der Waals surface area contributed by atoms with Crippen molar-refractivity contribution in [3.63, 3.8) is 0 Å². The molecule has 0 spiro atoms. The Morgan fingerprint density at radius 3 is 3.00 bits per heavy atom. The number of H-pyrrole nitrogens is 1. The van der Waals surface area contributed by atoms with Gasteiger partial charge in [0.15, 0.2) is 4.77 Å². The maximum absolute atomic E-state index is 13.0. The van der Waals surface area contributed by atoms with Crippen molar-refractivity contribution in [3.8, 4) is 5.69 Å². The maximum Gasteiger partial charge on any atom is 0.199 e. The summed E-state index contributed by atoms with van der Waals surface area (Å²) >= 11 is 5.09. The van der Waals surface area contributed by atoms with E-state index in [1.54, 1.807) is 16.7 Å². The Bertz CT molecular complexity index is 529. The summed E-state index contributed by atoms with van der Waals surface area (Å²) in [6.45, 7) is 1.97. The molecule has 0 unspecified atom stereocenters. The van der Waals surface area contributed by atoms with Gasteiger partial charge in [-0.3, -0.25) is 9.67 Å². The second kappa shape index (κ2) is 3.94. The van der Waals surface area contributed by atoms with E-state index < -0.39 is 0 Å². The van der Waals surface area contributed by atoms with Gasteiger partial charge in [-0.1, -0.05) is 13.0 Å². The summed E-state index contributed by atoms with van der Waals surface area (Å²) in [6, 6.07) is 6.29. The van der Waals surface area contributed by atoms with Gasteiger partial charge in [0.05, 0.1) is 5.69 Å². The smallest absolute Gasteiger partial charge is 0.199 e. The predicted molar refractivity (Wildman–Crippen MR) is 58.1 cm³/mol. The van der Waals surface area contributed by atoms with Gasteiger partial charge < -0.3 is 0 Å². The summed E-state index contributed by atoms with van der Waals surface area (Å²) in [5.41, 5.74) is 0.700. The van der Waals surface area contributed by atoms with Crippen LogP contribution < -0.4 is 0 Å². The molecule has 0 aliphatic heterocycles. The quantitative estimate of drug-likeness (QED) is 0.794. The van der Waals surface area contributed by atoms with Crippen LogP contribution in [0.5, 0.6) is 0 Å². The molecule has 1 N–H and O–H groups in total. The fraction of sp³-hybridized carbons (Fsp3) is 0.200. The van der Waals surface area contributed by atoms with Gasteiger partial charge in [-0.05, 0) is 30.4 Å². The molecule has 2 aromatic rings. The van der Waals surface area contributed by atoms with Gasteiger partial charge in [0.2, 0.25) is 0 Å². The number of hydrogen-bond acceptors (Lipinski definition) is 2. The Hall–Kier alpha value is -1.49. The topological polar surface area (TPSA) is 33.6 Å². The van der Waals surface area contributed by atoms with E-state index in [2.05, 4.69) is 10.2 Å². The Morgan fingerprint density at radius 2 is 2.33 bits per heavy atom. The minimum Gasteiger partial charge on any atom is -0.272 e. The van der Waals surface area contributed by atoms with Crippen LogP contribution in [0.25, 0.3) is 5.69 Å². The molecule has 3 nitrogen and oxygen atoms in total. The zero-order valence-corrected chi connectivity index (χ0v) is 9.01. The minimum atomic E-state index is -0.280. The summed E-state index contributed by atoms with van der Waals surface area (Å²) < 4.78 is 15.3. The van der Waals surface area contributed by atoms with Crippen LogP contribution >= 0.6 is 12.2 Å². The molecule has 78 valence electrons. The Balaban J connectivity index is 2.62. The molecule has 5 heteroatoms. The molecule has 0 amide bonds. The number of benzene rings is 1. The third-order valence-electron chi connectivity index (χ3n) is 2.12. The molecule has 0 radical (unpaired) electrons. The first-order valence-electron chi connectivity index (χ1n) is 4.64. The highest BCUT2D eigenvalue weighted by molar-refractivity contribution is 7.71. The molecule has 1 heterocycles. The van der Waals surface area contributed by atoms with Gasteiger partial charge in [0.1, 0.15) is 11.6 Å². The number of aromatic amines is 1. The Morgan fingerprint density at radius 1 is 1.53 bits per heavy atom. The lowest BCUT2D eigenvalue weighted by Gasteiger charge is -2.04. The second-order valence-electron chi connectivity index (χ2n) is 3.11. The number of aryl methyl sites for hydroxylation is 1. The number of nitrogens with zero attached hydrogens (tertiary/aromatic N) is 2. The van der Waals surface area contributed by atoms with Crippen molar-refractivity contribution in [1.29, 1.82) is 0 Å². The normalized spacial score (nSPS) is 10.5. The van der Waals surface area contributed by atoms with Crippen molar-refractivity contribution in [2.75, 3.05) is 0 Å². The number of halogens is 1. The van der Waals surface area contributed by atoms with E-state index in [0.29, 0.717) is 10.5 Å². The van der Waals surface area contributed by atoms with Gasteiger partial charge in [0.25, 0.3) is 0 Å². The van der Waals surface area contributed by atoms with Crippen LogP contribution in [-0.4, -0.2) is 14.8 Å². The van der Waals surface area contributed by atoms with Gasteiger partial charge in [0, 0.05) is 6.42 Å². The minimum absolute atomic E-state index is 0.280. The SMILES string of the molecule is CCc1n[nH]c(=S)n1-c1cccc(F)c1. The van der Waals surface area contributed by atoms with E-state index in [4.69, 9.17) is 12.2 Å². The highest BCUT2D eigenvalue weighted by atomic mass is 32.1. The molecule has 0 fully saturated rings. The van der Waals surface area contributed by atoms with E-state index in [9.17, 15) is 4.39 Å². The molecular formula is C10H10FN3S. The highest BCUT2D eigenvalue weighted by Crippen LogP contribution is 2.12. The van der Waals surface area contributed by atoms with Crippen LogP contribution in [0.4, 0.5) is 4.39 Å². The molecule has 0 aliphatic rings. The monoisotopic (exact) mass is 223 g/mol. The summed E-state index contributed by atoms with van der Waals surface area (Å²) in [6.07, 6.45) is 0.740. The summed E-state index contributed by atoms with van der Waals surface area (Å²) in [5, 5.41) is 6.76. The molecule has 0 atom stereocenters. The highest BCUT2D eigenvalue weighted by Gasteiger charge is 2.06. The van der Waals surface area contributed by atoms with E-state index >= 15 is 0 Å². The predicted octanol–water partition coefficient (Wildman–Crippen LogP) is 2.63. The number of nitrogens with one attached hydrogen (secondary N) is 1. The van der Waals surface area contributed by atoms with E-state index in [1.165, 1.54) is 12.1 Å². The van der Waals surface area contributed by atoms with Crippen LogP contribution in [0.15, 0.2) is 24.3 Å². The summed E-state index contributed by atoms with van der Waals surface area (Å²) in [5.74, 6) is 0.517. The third kappa shape index (κ3) is 1.83. The molecule has 1 aromatic carbocycles. The van der Waals surface area contributed by atoms with Crippen molar-refractivity contribution in [1.82, 2.24) is 14.8 Å². The largest absolute Gasteiger partial charge is 0.272 e. The second-order valence-corrected chi connectivity index (χ2v) is 3.50. The molecule has 15 heavy (non-hydrogen) atoms. The zero-order valence-electron chi connectivity index (χ0n) is 8.20.